The summed E-state index contributed by atoms with van der Waals surface area (Å²) in [4.78, 5) is 12.0. The average Bonchev–Trinajstić information content (AvgIpc) is 2.87. The summed E-state index contributed by atoms with van der Waals surface area (Å²) in [6.45, 7) is 0.399. The van der Waals surface area contributed by atoms with Crippen LogP contribution in [0.5, 0.6) is 0 Å². The molecule has 1 aromatic rings. The number of hydrogen-bond donors (Lipinski definition) is 2. The normalized spacial score (nSPS) is 19.0. The first-order chi connectivity index (χ1) is 7.27. The van der Waals surface area contributed by atoms with E-state index in [0.717, 1.165) is 25.7 Å². The SMILES string of the molecule is NCC1(C(=O)Nc2ccon2)CCCC1. The van der Waals surface area contributed by atoms with Crippen molar-refractivity contribution < 1.29 is 9.32 Å². The van der Waals surface area contributed by atoms with Crippen LogP contribution in [0, 0.1) is 5.41 Å². The van der Waals surface area contributed by atoms with Crippen molar-refractivity contribution in [2.75, 3.05) is 11.9 Å². The molecule has 1 aliphatic rings. The first-order valence-electron chi connectivity index (χ1n) is 5.19. The van der Waals surface area contributed by atoms with E-state index in [0.29, 0.717) is 12.4 Å². The Balaban J connectivity index is 2.06. The van der Waals surface area contributed by atoms with Gasteiger partial charge in [0.2, 0.25) is 5.91 Å². The van der Waals surface area contributed by atoms with Crippen molar-refractivity contribution in [2.24, 2.45) is 11.1 Å². The number of carbonyl (C=O) groups is 1. The van der Waals surface area contributed by atoms with Crippen molar-refractivity contribution in [3.63, 3.8) is 0 Å². The van der Waals surface area contributed by atoms with Gasteiger partial charge in [-0.1, -0.05) is 18.0 Å². The summed E-state index contributed by atoms with van der Waals surface area (Å²) in [6, 6.07) is 1.62. The predicted octanol–water partition coefficient (Wildman–Crippen LogP) is 1.13. The number of amides is 1. The third-order valence-electron chi connectivity index (χ3n) is 3.11. The molecule has 3 N–H and O–H groups in total. The van der Waals surface area contributed by atoms with Crippen LogP contribution in [0.4, 0.5) is 5.82 Å². The standard InChI is InChI=1S/C10H15N3O2/c11-7-10(4-1-2-5-10)9(14)12-8-3-6-15-13-8/h3,6H,1-2,4-5,7,11H2,(H,12,13,14). The van der Waals surface area contributed by atoms with Gasteiger partial charge in [-0.25, -0.2) is 0 Å². The maximum absolute atomic E-state index is 12.0. The van der Waals surface area contributed by atoms with E-state index in [1.54, 1.807) is 6.07 Å². The number of nitrogens with zero attached hydrogens (tertiary/aromatic N) is 1. The largest absolute Gasteiger partial charge is 0.363 e. The highest BCUT2D eigenvalue weighted by Crippen LogP contribution is 2.37. The van der Waals surface area contributed by atoms with Gasteiger partial charge in [0.25, 0.3) is 0 Å². The van der Waals surface area contributed by atoms with Gasteiger partial charge in [0.1, 0.15) is 6.26 Å². The summed E-state index contributed by atoms with van der Waals surface area (Å²) in [5, 5.41) is 6.38. The first kappa shape index (κ1) is 10.2. The van der Waals surface area contributed by atoms with Crippen LogP contribution in [0.3, 0.4) is 0 Å². The maximum atomic E-state index is 12.0. The zero-order valence-corrected chi connectivity index (χ0v) is 8.53. The molecule has 15 heavy (non-hydrogen) atoms. The van der Waals surface area contributed by atoms with Gasteiger partial charge in [-0.15, -0.1) is 0 Å². The average molecular weight is 209 g/mol. The van der Waals surface area contributed by atoms with Gasteiger partial charge in [-0.05, 0) is 12.8 Å². The topological polar surface area (TPSA) is 81.2 Å². The Hall–Kier alpha value is -1.36. The lowest BCUT2D eigenvalue weighted by Gasteiger charge is -2.24. The Morgan fingerprint density at radius 1 is 1.60 bits per heavy atom. The third kappa shape index (κ3) is 1.87. The summed E-state index contributed by atoms with van der Waals surface area (Å²) in [7, 11) is 0. The molecule has 1 fully saturated rings. The van der Waals surface area contributed by atoms with Crippen LogP contribution in [0.25, 0.3) is 0 Å². The molecule has 0 unspecified atom stereocenters. The number of nitrogens with two attached hydrogens (primary N) is 1. The number of hydrogen-bond acceptors (Lipinski definition) is 4. The van der Waals surface area contributed by atoms with E-state index in [-0.39, 0.29) is 11.3 Å². The zero-order chi connectivity index (χ0) is 10.7. The second-order valence-corrected chi connectivity index (χ2v) is 4.03. The summed E-state index contributed by atoms with van der Waals surface area (Å²) >= 11 is 0. The molecule has 0 aliphatic heterocycles. The monoisotopic (exact) mass is 209 g/mol. The lowest BCUT2D eigenvalue weighted by molar-refractivity contribution is -0.124. The quantitative estimate of drug-likeness (QED) is 0.782. The molecular formula is C10H15N3O2. The molecule has 0 radical (unpaired) electrons. The van der Waals surface area contributed by atoms with E-state index < -0.39 is 0 Å². The van der Waals surface area contributed by atoms with E-state index in [9.17, 15) is 4.79 Å². The van der Waals surface area contributed by atoms with Crippen molar-refractivity contribution in [1.82, 2.24) is 5.16 Å². The molecule has 1 saturated carbocycles. The molecule has 5 nitrogen and oxygen atoms in total. The van der Waals surface area contributed by atoms with Gasteiger partial charge >= 0.3 is 0 Å². The molecule has 1 aromatic heterocycles. The van der Waals surface area contributed by atoms with Crippen LogP contribution in [0.15, 0.2) is 16.9 Å². The van der Waals surface area contributed by atoms with Crippen LogP contribution >= 0.6 is 0 Å². The van der Waals surface area contributed by atoms with Crippen LogP contribution in [-0.2, 0) is 4.79 Å². The van der Waals surface area contributed by atoms with Gasteiger partial charge in [-0.2, -0.15) is 0 Å². The summed E-state index contributed by atoms with van der Waals surface area (Å²) in [5.41, 5.74) is 5.30. The molecule has 1 heterocycles. The Morgan fingerprint density at radius 3 is 2.87 bits per heavy atom. The molecule has 0 atom stereocenters. The number of rotatable bonds is 3. The number of nitrogens with one attached hydrogen (secondary N) is 1. The van der Waals surface area contributed by atoms with E-state index >= 15 is 0 Å². The van der Waals surface area contributed by atoms with Crippen molar-refractivity contribution in [3.05, 3.63) is 12.3 Å². The van der Waals surface area contributed by atoms with Crippen molar-refractivity contribution in [3.8, 4) is 0 Å². The third-order valence-corrected chi connectivity index (χ3v) is 3.11. The summed E-state index contributed by atoms with van der Waals surface area (Å²) in [5.74, 6) is 0.427. The fourth-order valence-electron chi connectivity index (χ4n) is 2.10. The highest BCUT2D eigenvalue weighted by atomic mass is 16.5. The summed E-state index contributed by atoms with van der Waals surface area (Å²) < 4.78 is 4.65. The van der Waals surface area contributed by atoms with Crippen LogP contribution in [0.1, 0.15) is 25.7 Å². The van der Waals surface area contributed by atoms with Gasteiger partial charge in [0.05, 0.1) is 5.41 Å². The first-order valence-corrected chi connectivity index (χ1v) is 5.19. The molecular weight excluding hydrogens is 194 g/mol. The minimum atomic E-state index is -0.390. The Kier molecular flexibility index (Phi) is 2.73. The van der Waals surface area contributed by atoms with E-state index in [4.69, 9.17) is 5.73 Å². The predicted molar refractivity (Wildman–Crippen MR) is 55.1 cm³/mol. The molecule has 0 bridgehead atoms. The molecule has 0 saturated heterocycles. The molecule has 2 rings (SSSR count). The smallest absolute Gasteiger partial charge is 0.233 e. The second-order valence-electron chi connectivity index (χ2n) is 4.03. The Morgan fingerprint density at radius 2 is 2.33 bits per heavy atom. The fraction of sp³-hybridized carbons (Fsp3) is 0.600. The number of carbonyl (C=O) groups excluding carboxylic acids is 1. The Labute approximate surface area is 88.0 Å². The molecule has 1 aliphatic carbocycles. The van der Waals surface area contributed by atoms with Gasteiger partial charge < -0.3 is 15.6 Å². The van der Waals surface area contributed by atoms with Gasteiger partial charge in [0.15, 0.2) is 5.82 Å². The molecule has 5 heteroatoms. The van der Waals surface area contributed by atoms with Crippen LogP contribution in [-0.4, -0.2) is 17.6 Å². The van der Waals surface area contributed by atoms with Crippen LogP contribution < -0.4 is 11.1 Å². The van der Waals surface area contributed by atoms with Crippen molar-refractivity contribution >= 4 is 11.7 Å². The second kappa shape index (κ2) is 4.02. The van der Waals surface area contributed by atoms with Crippen molar-refractivity contribution in [2.45, 2.75) is 25.7 Å². The van der Waals surface area contributed by atoms with E-state index in [2.05, 4.69) is 15.0 Å². The van der Waals surface area contributed by atoms with Gasteiger partial charge in [0, 0.05) is 12.6 Å². The number of aromatic nitrogens is 1. The molecule has 0 aromatic carbocycles. The van der Waals surface area contributed by atoms with Gasteiger partial charge in [-0.3, -0.25) is 4.79 Å². The maximum Gasteiger partial charge on any atom is 0.233 e. The van der Waals surface area contributed by atoms with Crippen molar-refractivity contribution in [1.29, 1.82) is 0 Å². The highest BCUT2D eigenvalue weighted by Gasteiger charge is 2.39. The Bertz CT molecular complexity index is 328. The zero-order valence-electron chi connectivity index (χ0n) is 8.53. The fourth-order valence-corrected chi connectivity index (χ4v) is 2.10. The lowest BCUT2D eigenvalue weighted by Crippen LogP contribution is -2.40. The molecule has 0 spiro atoms. The van der Waals surface area contributed by atoms with Crippen LogP contribution in [0.2, 0.25) is 0 Å². The number of anilines is 1. The molecule has 1 amide bonds. The lowest BCUT2D eigenvalue weighted by atomic mass is 9.85. The van der Waals surface area contributed by atoms with E-state index in [1.165, 1.54) is 6.26 Å². The highest BCUT2D eigenvalue weighted by molar-refractivity contribution is 5.94. The summed E-state index contributed by atoms with van der Waals surface area (Å²) in [6.07, 6.45) is 5.31. The van der Waals surface area contributed by atoms with E-state index in [1.807, 2.05) is 0 Å². The minimum absolute atomic E-state index is 0.0311. The molecule has 82 valence electrons. The minimum Gasteiger partial charge on any atom is -0.363 e.